The molecular formula is C17H28N2O. The van der Waals surface area contributed by atoms with E-state index in [4.69, 9.17) is 0 Å². The van der Waals surface area contributed by atoms with Gasteiger partial charge in [0.05, 0.1) is 6.04 Å². The molecule has 0 saturated carbocycles. The van der Waals surface area contributed by atoms with E-state index in [2.05, 4.69) is 50.5 Å². The zero-order valence-corrected chi connectivity index (χ0v) is 13.4. The molecule has 2 N–H and O–H groups in total. The number of nitrogens with one attached hydrogen (secondary N) is 2. The molecular weight excluding hydrogens is 248 g/mol. The highest BCUT2D eigenvalue weighted by molar-refractivity contribution is 5.81. The van der Waals surface area contributed by atoms with Crippen LogP contribution in [0.5, 0.6) is 0 Å². The van der Waals surface area contributed by atoms with Gasteiger partial charge >= 0.3 is 0 Å². The molecule has 0 aliphatic rings. The van der Waals surface area contributed by atoms with Crippen molar-refractivity contribution in [2.75, 3.05) is 0 Å². The summed E-state index contributed by atoms with van der Waals surface area (Å²) in [5, 5.41) is 6.42. The molecule has 0 bridgehead atoms. The number of carbonyl (C=O) groups excluding carboxylic acids is 1. The molecule has 0 aromatic heterocycles. The summed E-state index contributed by atoms with van der Waals surface area (Å²) < 4.78 is 0. The van der Waals surface area contributed by atoms with E-state index in [0.29, 0.717) is 0 Å². The Morgan fingerprint density at radius 2 is 1.85 bits per heavy atom. The number of benzene rings is 1. The van der Waals surface area contributed by atoms with Gasteiger partial charge in [-0.15, -0.1) is 0 Å². The van der Waals surface area contributed by atoms with Gasteiger partial charge in [-0.25, -0.2) is 0 Å². The van der Waals surface area contributed by atoms with Gasteiger partial charge in [0.25, 0.3) is 0 Å². The lowest BCUT2D eigenvalue weighted by Crippen LogP contribution is -2.46. The molecule has 1 aromatic carbocycles. The van der Waals surface area contributed by atoms with Crippen molar-refractivity contribution in [2.45, 2.75) is 65.6 Å². The van der Waals surface area contributed by atoms with Crippen molar-refractivity contribution in [3.8, 4) is 0 Å². The third-order valence-corrected chi connectivity index (χ3v) is 3.66. The van der Waals surface area contributed by atoms with Gasteiger partial charge in [-0.1, -0.05) is 37.6 Å². The molecule has 0 heterocycles. The van der Waals surface area contributed by atoms with Crippen molar-refractivity contribution >= 4 is 5.91 Å². The van der Waals surface area contributed by atoms with Crippen molar-refractivity contribution in [1.29, 1.82) is 0 Å². The first-order valence-electron chi connectivity index (χ1n) is 7.57. The second-order valence-corrected chi connectivity index (χ2v) is 5.66. The fourth-order valence-electron chi connectivity index (χ4n) is 2.49. The quantitative estimate of drug-likeness (QED) is 0.802. The predicted molar refractivity (Wildman–Crippen MR) is 84.7 cm³/mol. The first-order chi connectivity index (χ1) is 9.45. The zero-order valence-electron chi connectivity index (χ0n) is 13.4. The van der Waals surface area contributed by atoms with Gasteiger partial charge in [0.15, 0.2) is 0 Å². The van der Waals surface area contributed by atoms with Crippen LogP contribution in [-0.2, 0) is 4.79 Å². The van der Waals surface area contributed by atoms with E-state index >= 15 is 0 Å². The van der Waals surface area contributed by atoms with E-state index in [9.17, 15) is 4.79 Å². The maximum Gasteiger partial charge on any atom is 0.237 e. The molecule has 3 nitrogen and oxygen atoms in total. The lowest BCUT2D eigenvalue weighted by molar-refractivity contribution is -0.123. The number of hydrogen-bond donors (Lipinski definition) is 2. The van der Waals surface area contributed by atoms with Crippen molar-refractivity contribution in [3.05, 3.63) is 35.4 Å². The predicted octanol–water partition coefficient (Wildman–Crippen LogP) is 3.34. The molecule has 2 unspecified atom stereocenters. The highest BCUT2D eigenvalue weighted by Gasteiger charge is 2.18. The number of rotatable bonds is 7. The topological polar surface area (TPSA) is 41.1 Å². The van der Waals surface area contributed by atoms with Crippen LogP contribution in [0.25, 0.3) is 0 Å². The Kier molecular flexibility index (Phi) is 6.73. The average Bonchev–Trinajstić information content (AvgIpc) is 2.39. The van der Waals surface area contributed by atoms with Crippen LogP contribution >= 0.6 is 0 Å². The number of aryl methyl sites for hydroxylation is 1. The maximum absolute atomic E-state index is 12.1. The highest BCUT2D eigenvalue weighted by Crippen LogP contribution is 2.17. The van der Waals surface area contributed by atoms with E-state index < -0.39 is 0 Å². The van der Waals surface area contributed by atoms with E-state index in [0.717, 1.165) is 12.8 Å². The second-order valence-electron chi connectivity index (χ2n) is 5.66. The molecule has 3 heteroatoms. The minimum Gasteiger partial charge on any atom is -0.352 e. The molecule has 1 rings (SSSR count). The van der Waals surface area contributed by atoms with Crippen LogP contribution in [0.4, 0.5) is 0 Å². The third-order valence-electron chi connectivity index (χ3n) is 3.66. The number of hydrogen-bond acceptors (Lipinski definition) is 2. The normalized spacial score (nSPS) is 15.4. The molecule has 0 spiro atoms. The Labute approximate surface area is 123 Å². The number of amides is 1. The Morgan fingerprint density at radius 1 is 1.20 bits per heavy atom. The summed E-state index contributed by atoms with van der Waals surface area (Å²) in [6, 6.07) is 8.49. The van der Waals surface area contributed by atoms with Gasteiger partial charge in [-0.05, 0) is 45.2 Å². The van der Waals surface area contributed by atoms with Crippen LogP contribution in [0, 0.1) is 6.92 Å². The van der Waals surface area contributed by atoms with E-state index in [1.54, 1.807) is 0 Å². The van der Waals surface area contributed by atoms with Crippen LogP contribution in [0.3, 0.4) is 0 Å². The molecule has 1 amide bonds. The minimum absolute atomic E-state index is 0.0754. The molecule has 1 aromatic rings. The van der Waals surface area contributed by atoms with Crippen LogP contribution in [0.2, 0.25) is 0 Å². The van der Waals surface area contributed by atoms with Gasteiger partial charge in [0, 0.05) is 12.1 Å². The van der Waals surface area contributed by atoms with Gasteiger partial charge in [-0.2, -0.15) is 0 Å². The summed E-state index contributed by atoms with van der Waals surface area (Å²) in [6.45, 7) is 10.3. The fourth-order valence-corrected chi connectivity index (χ4v) is 2.49. The molecule has 3 atom stereocenters. The maximum atomic E-state index is 12.1. The summed E-state index contributed by atoms with van der Waals surface area (Å²) in [4.78, 5) is 12.1. The number of carbonyl (C=O) groups is 1. The van der Waals surface area contributed by atoms with Gasteiger partial charge < -0.3 is 5.32 Å². The van der Waals surface area contributed by atoms with Crippen LogP contribution in [-0.4, -0.2) is 18.0 Å². The molecule has 0 radical (unpaired) electrons. The molecule has 20 heavy (non-hydrogen) atoms. The summed E-state index contributed by atoms with van der Waals surface area (Å²) in [7, 11) is 0. The Hall–Kier alpha value is -1.35. The van der Waals surface area contributed by atoms with Crippen molar-refractivity contribution in [2.24, 2.45) is 0 Å². The molecule has 112 valence electrons. The summed E-state index contributed by atoms with van der Waals surface area (Å²) in [5.41, 5.74) is 2.49. The molecule has 0 saturated heterocycles. The van der Waals surface area contributed by atoms with Crippen molar-refractivity contribution < 1.29 is 4.79 Å². The van der Waals surface area contributed by atoms with E-state index in [1.165, 1.54) is 11.1 Å². The SMILES string of the molecule is CCCC(C)NC(=O)C(C)N[C@@H](C)c1ccccc1C. The van der Waals surface area contributed by atoms with E-state index in [-0.39, 0.29) is 24.0 Å². The van der Waals surface area contributed by atoms with Crippen LogP contribution < -0.4 is 10.6 Å². The smallest absolute Gasteiger partial charge is 0.237 e. The Balaban J connectivity index is 2.55. The van der Waals surface area contributed by atoms with Gasteiger partial charge in [-0.3, -0.25) is 10.1 Å². The molecule has 0 fully saturated rings. The highest BCUT2D eigenvalue weighted by atomic mass is 16.2. The summed E-state index contributed by atoms with van der Waals surface area (Å²) in [6.07, 6.45) is 2.11. The fraction of sp³-hybridized carbons (Fsp3) is 0.588. The third kappa shape index (κ3) is 4.97. The van der Waals surface area contributed by atoms with E-state index in [1.807, 2.05) is 19.1 Å². The molecule has 0 aliphatic heterocycles. The minimum atomic E-state index is -0.191. The van der Waals surface area contributed by atoms with Gasteiger partial charge in [0.2, 0.25) is 5.91 Å². The standard InChI is InChI=1S/C17H28N2O/c1-6-9-13(3)18-17(20)15(5)19-14(4)16-11-8-7-10-12(16)2/h7-8,10-11,13-15,19H,6,9H2,1-5H3,(H,18,20)/t13?,14-,15?/m0/s1. The largest absolute Gasteiger partial charge is 0.352 e. The first-order valence-corrected chi connectivity index (χ1v) is 7.57. The first kappa shape index (κ1) is 16.7. The van der Waals surface area contributed by atoms with Crippen LogP contribution in [0.1, 0.15) is 57.7 Å². The monoisotopic (exact) mass is 276 g/mol. The second kappa shape index (κ2) is 8.05. The van der Waals surface area contributed by atoms with Crippen molar-refractivity contribution in [1.82, 2.24) is 10.6 Å². The van der Waals surface area contributed by atoms with Gasteiger partial charge in [0.1, 0.15) is 0 Å². The molecule has 0 aliphatic carbocycles. The summed E-state index contributed by atoms with van der Waals surface area (Å²) >= 11 is 0. The zero-order chi connectivity index (χ0) is 15.1. The van der Waals surface area contributed by atoms with Crippen LogP contribution in [0.15, 0.2) is 24.3 Å². The Bertz CT molecular complexity index is 431. The Morgan fingerprint density at radius 3 is 2.45 bits per heavy atom. The van der Waals surface area contributed by atoms with Crippen molar-refractivity contribution in [3.63, 3.8) is 0 Å². The lowest BCUT2D eigenvalue weighted by atomic mass is 10.0. The lowest BCUT2D eigenvalue weighted by Gasteiger charge is -2.23. The average molecular weight is 276 g/mol. The summed E-state index contributed by atoms with van der Waals surface area (Å²) in [5.74, 6) is 0.0754.